The van der Waals surface area contributed by atoms with Gasteiger partial charge in [-0.25, -0.2) is 0 Å². The normalized spacial score (nSPS) is 21.9. The number of amides is 1. The molecule has 0 N–H and O–H groups in total. The van der Waals surface area contributed by atoms with Gasteiger partial charge in [0.15, 0.2) is 0 Å². The maximum absolute atomic E-state index is 12.5. The minimum absolute atomic E-state index is 0.216. The summed E-state index contributed by atoms with van der Waals surface area (Å²) in [6, 6.07) is 0.331. The number of esters is 1. The summed E-state index contributed by atoms with van der Waals surface area (Å²) in [5.74, 6) is 0.0499. The number of nitrogens with zero attached hydrogens (tertiary/aromatic N) is 1. The molecule has 2 aliphatic rings. The monoisotopic (exact) mass is 281 g/mol. The summed E-state index contributed by atoms with van der Waals surface area (Å²) in [7, 11) is 1.41. The van der Waals surface area contributed by atoms with Crippen LogP contribution in [0.25, 0.3) is 0 Å². The van der Waals surface area contributed by atoms with E-state index in [4.69, 9.17) is 4.74 Å². The van der Waals surface area contributed by atoms with E-state index in [1.54, 1.807) is 0 Å². The molecule has 0 aromatic heterocycles. The lowest BCUT2D eigenvalue weighted by atomic mass is 10.0. The predicted octanol–water partition coefficient (Wildman–Crippen LogP) is 2.76. The van der Waals surface area contributed by atoms with Gasteiger partial charge < -0.3 is 9.64 Å². The Hall–Kier alpha value is -1.06. The highest BCUT2D eigenvalue weighted by molar-refractivity contribution is 5.82. The van der Waals surface area contributed by atoms with Crippen LogP contribution in [-0.4, -0.2) is 36.5 Å². The van der Waals surface area contributed by atoms with Gasteiger partial charge in [-0.05, 0) is 25.7 Å². The quantitative estimate of drug-likeness (QED) is 0.575. The highest BCUT2D eigenvalue weighted by atomic mass is 16.5. The summed E-state index contributed by atoms with van der Waals surface area (Å²) in [6.07, 6.45) is 9.17. The van der Waals surface area contributed by atoms with Crippen LogP contribution in [0.3, 0.4) is 0 Å². The molecule has 1 atom stereocenters. The van der Waals surface area contributed by atoms with Gasteiger partial charge in [-0.15, -0.1) is 0 Å². The van der Waals surface area contributed by atoms with E-state index < -0.39 is 0 Å². The largest absolute Gasteiger partial charge is 0.469 e. The molecule has 0 aromatic carbocycles. The molecule has 4 heteroatoms. The van der Waals surface area contributed by atoms with Crippen molar-refractivity contribution in [2.45, 2.75) is 64.3 Å². The molecular formula is C16H27NO3. The van der Waals surface area contributed by atoms with Gasteiger partial charge in [0, 0.05) is 18.5 Å². The standard InChI is InChI=1S/C16H27NO3/c1-12(16(19)20-2)11-17(15(18)13-9-10-13)14-7-5-3-4-6-8-14/h12-14H,3-11H2,1-2H3. The summed E-state index contributed by atoms with van der Waals surface area (Å²) < 4.78 is 4.80. The molecule has 114 valence electrons. The van der Waals surface area contributed by atoms with Crippen molar-refractivity contribution in [1.29, 1.82) is 0 Å². The lowest BCUT2D eigenvalue weighted by molar-refractivity contribution is -0.147. The van der Waals surface area contributed by atoms with E-state index in [0.29, 0.717) is 12.6 Å². The van der Waals surface area contributed by atoms with Crippen LogP contribution >= 0.6 is 0 Å². The number of hydrogen-bond donors (Lipinski definition) is 0. The van der Waals surface area contributed by atoms with E-state index in [2.05, 4.69) is 0 Å². The predicted molar refractivity (Wildman–Crippen MR) is 77.1 cm³/mol. The average Bonchev–Trinajstić information content (AvgIpc) is 3.28. The molecule has 0 radical (unpaired) electrons. The first kappa shape index (κ1) is 15.3. The number of ether oxygens (including phenoxy) is 1. The SMILES string of the molecule is COC(=O)C(C)CN(C(=O)C1CC1)C1CCCCCC1. The summed E-state index contributed by atoms with van der Waals surface area (Å²) in [4.78, 5) is 26.2. The highest BCUT2D eigenvalue weighted by Crippen LogP contribution is 2.34. The van der Waals surface area contributed by atoms with Crippen molar-refractivity contribution in [2.75, 3.05) is 13.7 Å². The van der Waals surface area contributed by atoms with Gasteiger partial charge in [-0.2, -0.15) is 0 Å². The number of methoxy groups -OCH3 is 1. The van der Waals surface area contributed by atoms with E-state index in [-0.39, 0.29) is 23.7 Å². The zero-order valence-electron chi connectivity index (χ0n) is 12.8. The van der Waals surface area contributed by atoms with E-state index in [1.807, 2.05) is 11.8 Å². The Morgan fingerprint density at radius 1 is 1.10 bits per heavy atom. The third kappa shape index (κ3) is 3.97. The Balaban J connectivity index is 2.02. The lowest BCUT2D eigenvalue weighted by Gasteiger charge is -2.33. The van der Waals surface area contributed by atoms with E-state index in [0.717, 1.165) is 25.7 Å². The van der Waals surface area contributed by atoms with Gasteiger partial charge in [0.05, 0.1) is 13.0 Å². The summed E-state index contributed by atoms with van der Waals surface area (Å²) >= 11 is 0. The summed E-state index contributed by atoms with van der Waals surface area (Å²) in [5.41, 5.74) is 0. The Bertz CT molecular complexity index is 344. The maximum Gasteiger partial charge on any atom is 0.310 e. The fourth-order valence-electron chi connectivity index (χ4n) is 3.12. The third-order valence-corrected chi connectivity index (χ3v) is 4.55. The van der Waals surface area contributed by atoms with Crippen LogP contribution in [0.5, 0.6) is 0 Å². The summed E-state index contributed by atoms with van der Waals surface area (Å²) in [5, 5.41) is 0. The molecule has 2 fully saturated rings. The van der Waals surface area contributed by atoms with Crippen LogP contribution in [0.1, 0.15) is 58.3 Å². The Morgan fingerprint density at radius 2 is 1.70 bits per heavy atom. The molecule has 4 nitrogen and oxygen atoms in total. The zero-order chi connectivity index (χ0) is 14.5. The molecule has 2 saturated carbocycles. The van der Waals surface area contributed by atoms with Crippen molar-refractivity contribution in [1.82, 2.24) is 4.90 Å². The Kier molecular flexibility index (Phi) is 5.44. The number of carbonyl (C=O) groups excluding carboxylic acids is 2. The molecule has 20 heavy (non-hydrogen) atoms. The van der Waals surface area contributed by atoms with Crippen LogP contribution in [-0.2, 0) is 14.3 Å². The highest BCUT2D eigenvalue weighted by Gasteiger charge is 2.37. The van der Waals surface area contributed by atoms with E-state index in [9.17, 15) is 9.59 Å². The Morgan fingerprint density at radius 3 is 2.20 bits per heavy atom. The first-order valence-corrected chi connectivity index (χ1v) is 8.01. The smallest absolute Gasteiger partial charge is 0.310 e. The molecule has 0 aliphatic heterocycles. The van der Waals surface area contributed by atoms with E-state index >= 15 is 0 Å². The van der Waals surface area contributed by atoms with E-state index in [1.165, 1.54) is 32.8 Å². The van der Waals surface area contributed by atoms with Crippen molar-refractivity contribution in [3.63, 3.8) is 0 Å². The molecule has 0 bridgehead atoms. The van der Waals surface area contributed by atoms with Gasteiger partial charge in [-0.3, -0.25) is 9.59 Å². The molecule has 0 spiro atoms. The molecular weight excluding hydrogens is 254 g/mol. The molecule has 2 aliphatic carbocycles. The van der Waals surface area contributed by atoms with Crippen molar-refractivity contribution in [3.8, 4) is 0 Å². The minimum atomic E-state index is -0.231. The van der Waals surface area contributed by atoms with Crippen molar-refractivity contribution in [3.05, 3.63) is 0 Å². The molecule has 2 rings (SSSR count). The molecule has 1 unspecified atom stereocenters. The second-order valence-electron chi connectivity index (χ2n) is 6.33. The van der Waals surface area contributed by atoms with Crippen molar-refractivity contribution in [2.24, 2.45) is 11.8 Å². The van der Waals surface area contributed by atoms with Crippen LogP contribution in [0.2, 0.25) is 0 Å². The van der Waals surface area contributed by atoms with Gasteiger partial charge in [-0.1, -0.05) is 32.6 Å². The first-order valence-electron chi connectivity index (χ1n) is 8.01. The van der Waals surface area contributed by atoms with Crippen LogP contribution in [0, 0.1) is 11.8 Å². The van der Waals surface area contributed by atoms with Gasteiger partial charge in [0.1, 0.15) is 0 Å². The van der Waals surface area contributed by atoms with Crippen LogP contribution in [0.4, 0.5) is 0 Å². The van der Waals surface area contributed by atoms with Crippen molar-refractivity contribution < 1.29 is 14.3 Å². The van der Waals surface area contributed by atoms with Gasteiger partial charge >= 0.3 is 5.97 Å². The second kappa shape index (κ2) is 7.09. The topological polar surface area (TPSA) is 46.6 Å². The number of hydrogen-bond acceptors (Lipinski definition) is 3. The van der Waals surface area contributed by atoms with Gasteiger partial charge in [0.2, 0.25) is 5.91 Å². The fraction of sp³-hybridized carbons (Fsp3) is 0.875. The van der Waals surface area contributed by atoms with Crippen LogP contribution < -0.4 is 0 Å². The number of carbonyl (C=O) groups is 2. The molecule has 1 amide bonds. The first-order chi connectivity index (χ1) is 9.63. The molecule has 0 aromatic rings. The van der Waals surface area contributed by atoms with Crippen LogP contribution in [0.15, 0.2) is 0 Å². The zero-order valence-corrected chi connectivity index (χ0v) is 12.8. The fourth-order valence-corrected chi connectivity index (χ4v) is 3.12. The Labute approximate surface area is 121 Å². The molecule has 0 saturated heterocycles. The minimum Gasteiger partial charge on any atom is -0.469 e. The molecule has 0 heterocycles. The van der Waals surface area contributed by atoms with Crippen molar-refractivity contribution >= 4 is 11.9 Å². The second-order valence-corrected chi connectivity index (χ2v) is 6.33. The third-order valence-electron chi connectivity index (χ3n) is 4.55. The van der Waals surface area contributed by atoms with Gasteiger partial charge in [0.25, 0.3) is 0 Å². The lowest BCUT2D eigenvalue weighted by Crippen LogP contribution is -2.44. The average molecular weight is 281 g/mol. The summed E-state index contributed by atoms with van der Waals surface area (Å²) in [6.45, 7) is 2.38. The number of rotatable bonds is 5. The maximum atomic E-state index is 12.5.